The SMILES string of the molecule is CC([SiH3])[C@H](NCc1ccccn1)C(=O)NCc1ccc(CN(CCCNC(=O)OC(C)(C)C)C(=O)OC(C)(C)C)cc1. The Balaban J connectivity index is 1.93. The van der Waals surface area contributed by atoms with Crippen molar-refractivity contribution in [1.82, 2.24) is 25.8 Å². The molecular weight excluding hydrogens is 550 g/mol. The first kappa shape index (κ1) is 34.8. The monoisotopic (exact) mass is 599 g/mol. The number of benzene rings is 1. The topological polar surface area (TPSA) is 122 Å². The van der Waals surface area contributed by atoms with Crippen LogP contribution in [0.15, 0.2) is 48.7 Å². The first-order chi connectivity index (χ1) is 19.6. The average molecular weight is 600 g/mol. The second-order valence-corrected chi connectivity index (χ2v) is 14.5. The van der Waals surface area contributed by atoms with Crippen LogP contribution in [0.5, 0.6) is 0 Å². The maximum absolute atomic E-state index is 13.0. The fourth-order valence-electron chi connectivity index (χ4n) is 3.97. The fourth-order valence-corrected chi connectivity index (χ4v) is 4.50. The number of alkyl carbamates (subject to hydrolysis) is 1. The largest absolute Gasteiger partial charge is 0.444 e. The highest BCUT2D eigenvalue weighted by Crippen LogP contribution is 2.15. The molecule has 0 aliphatic rings. The van der Waals surface area contributed by atoms with Crippen LogP contribution < -0.4 is 16.0 Å². The van der Waals surface area contributed by atoms with Crippen molar-refractivity contribution < 1.29 is 23.9 Å². The summed E-state index contributed by atoms with van der Waals surface area (Å²) >= 11 is 0. The van der Waals surface area contributed by atoms with E-state index in [9.17, 15) is 14.4 Å². The van der Waals surface area contributed by atoms with Crippen molar-refractivity contribution in [2.24, 2.45) is 0 Å². The summed E-state index contributed by atoms with van der Waals surface area (Å²) in [5, 5.41) is 9.12. The molecule has 0 bridgehead atoms. The maximum atomic E-state index is 13.0. The van der Waals surface area contributed by atoms with Crippen LogP contribution in [0.1, 0.15) is 71.7 Å². The Hall–Kier alpha value is -3.44. The van der Waals surface area contributed by atoms with E-state index >= 15 is 0 Å². The molecule has 1 aromatic carbocycles. The number of nitrogens with one attached hydrogen (secondary N) is 3. The minimum Gasteiger partial charge on any atom is -0.444 e. The lowest BCUT2D eigenvalue weighted by molar-refractivity contribution is -0.123. The third kappa shape index (κ3) is 14.0. The Morgan fingerprint density at radius 1 is 0.905 bits per heavy atom. The summed E-state index contributed by atoms with van der Waals surface area (Å²) in [7, 11) is 0.880. The van der Waals surface area contributed by atoms with Crippen molar-refractivity contribution in [2.45, 2.75) is 97.3 Å². The van der Waals surface area contributed by atoms with Gasteiger partial charge in [-0.25, -0.2) is 9.59 Å². The number of hydrogen-bond acceptors (Lipinski definition) is 7. The highest BCUT2D eigenvalue weighted by molar-refractivity contribution is 6.14. The Labute approximate surface area is 253 Å². The summed E-state index contributed by atoms with van der Waals surface area (Å²) in [6, 6.07) is 13.3. The van der Waals surface area contributed by atoms with Gasteiger partial charge in [0.15, 0.2) is 0 Å². The number of pyridine rings is 1. The van der Waals surface area contributed by atoms with E-state index in [-0.39, 0.29) is 17.5 Å². The van der Waals surface area contributed by atoms with Crippen molar-refractivity contribution in [3.63, 3.8) is 0 Å². The molecule has 0 spiro atoms. The molecule has 232 valence electrons. The van der Waals surface area contributed by atoms with E-state index in [1.807, 2.05) is 84.0 Å². The zero-order valence-electron chi connectivity index (χ0n) is 26.5. The maximum Gasteiger partial charge on any atom is 0.410 e. The highest BCUT2D eigenvalue weighted by atomic mass is 28.1. The zero-order valence-corrected chi connectivity index (χ0v) is 28.5. The van der Waals surface area contributed by atoms with Gasteiger partial charge in [-0.2, -0.15) is 0 Å². The molecule has 0 fully saturated rings. The van der Waals surface area contributed by atoms with Gasteiger partial charge in [0.05, 0.1) is 11.7 Å². The number of nitrogens with zero attached hydrogens (tertiary/aromatic N) is 2. The summed E-state index contributed by atoms with van der Waals surface area (Å²) in [6.45, 7) is 15.0. The third-order valence-electron chi connectivity index (χ3n) is 5.97. The van der Waals surface area contributed by atoms with Crippen LogP contribution >= 0.6 is 0 Å². The molecular formula is C31H49N5O5Si. The van der Waals surface area contributed by atoms with Crippen molar-refractivity contribution in [1.29, 1.82) is 0 Å². The van der Waals surface area contributed by atoms with Gasteiger partial charge in [-0.15, -0.1) is 0 Å². The van der Waals surface area contributed by atoms with Crippen LogP contribution in [-0.2, 0) is 33.9 Å². The van der Waals surface area contributed by atoms with Crippen LogP contribution in [0.2, 0.25) is 5.54 Å². The summed E-state index contributed by atoms with van der Waals surface area (Å²) in [4.78, 5) is 43.8. The van der Waals surface area contributed by atoms with E-state index in [0.717, 1.165) is 27.1 Å². The molecule has 0 saturated heterocycles. The van der Waals surface area contributed by atoms with Crippen molar-refractivity contribution >= 4 is 28.3 Å². The molecule has 2 aromatic rings. The summed E-state index contributed by atoms with van der Waals surface area (Å²) in [5.74, 6) is -0.0337. The Morgan fingerprint density at radius 2 is 1.55 bits per heavy atom. The quantitative estimate of drug-likeness (QED) is 0.237. The van der Waals surface area contributed by atoms with Gasteiger partial charge >= 0.3 is 12.2 Å². The van der Waals surface area contributed by atoms with E-state index in [1.165, 1.54) is 0 Å². The lowest BCUT2D eigenvalue weighted by Gasteiger charge is -2.27. The Bertz CT molecular complexity index is 1130. The average Bonchev–Trinajstić information content (AvgIpc) is 2.88. The molecule has 3 N–H and O–H groups in total. The normalized spacial score (nSPS) is 13.1. The van der Waals surface area contributed by atoms with Gasteiger partial charge in [0.1, 0.15) is 11.2 Å². The predicted octanol–water partition coefficient (Wildman–Crippen LogP) is 3.68. The highest BCUT2D eigenvalue weighted by Gasteiger charge is 2.23. The van der Waals surface area contributed by atoms with Crippen molar-refractivity contribution in [3.8, 4) is 0 Å². The first-order valence-electron chi connectivity index (χ1n) is 14.6. The van der Waals surface area contributed by atoms with Crippen LogP contribution in [-0.4, -0.2) is 68.6 Å². The van der Waals surface area contributed by atoms with Gasteiger partial charge in [-0.3, -0.25) is 9.78 Å². The molecule has 0 aliphatic carbocycles. The van der Waals surface area contributed by atoms with Crippen LogP contribution in [0.25, 0.3) is 0 Å². The number of aromatic nitrogens is 1. The van der Waals surface area contributed by atoms with E-state index in [2.05, 4.69) is 27.9 Å². The molecule has 1 heterocycles. The van der Waals surface area contributed by atoms with E-state index in [4.69, 9.17) is 9.47 Å². The molecule has 0 radical (unpaired) electrons. The molecule has 2 atom stereocenters. The lowest BCUT2D eigenvalue weighted by Crippen LogP contribution is -2.46. The number of carbonyl (C=O) groups is 3. The van der Waals surface area contributed by atoms with Crippen molar-refractivity contribution in [3.05, 3.63) is 65.5 Å². The summed E-state index contributed by atoms with van der Waals surface area (Å²) < 4.78 is 10.9. The van der Waals surface area contributed by atoms with E-state index in [0.29, 0.717) is 39.1 Å². The minimum atomic E-state index is -0.630. The standard InChI is InChI=1S/C31H49N5O5Si/c1-22(42)26(34-20-25-11-8-9-16-32-25)27(37)35-19-23-12-14-24(15-13-23)21-36(29(39)41-31(5,6)7)18-10-17-33-28(38)40-30(2,3)4/h8-9,11-16,22,26,34H,10,17-21H2,1-7,42H3,(H,33,38)(H,35,37)/t22?,26-/m0/s1. The smallest absolute Gasteiger partial charge is 0.410 e. The molecule has 3 amide bonds. The van der Waals surface area contributed by atoms with Crippen molar-refractivity contribution in [2.75, 3.05) is 13.1 Å². The number of ether oxygens (including phenoxy) is 2. The molecule has 10 nitrogen and oxygen atoms in total. The first-order valence-corrected chi connectivity index (χ1v) is 15.7. The van der Waals surface area contributed by atoms with Crippen LogP contribution in [0.3, 0.4) is 0 Å². The van der Waals surface area contributed by atoms with Gasteiger partial charge in [0.25, 0.3) is 0 Å². The minimum absolute atomic E-state index is 0.0337. The molecule has 42 heavy (non-hydrogen) atoms. The summed E-state index contributed by atoms with van der Waals surface area (Å²) in [6.07, 6.45) is 1.38. The number of amides is 3. The Morgan fingerprint density at radius 3 is 2.12 bits per heavy atom. The molecule has 1 aromatic heterocycles. The van der Waals surface area contributed by atoms with Gasteiger partial charge in [-0.1, -0.05) is 37.3 Å². The van der Waals surface area contributed by atoms with Crippen LogP contribution in [0.4, 0.5) is 9.59 Å². The number of carbonyl (C=O) groups excluding carboxylic acids is 3. The molecule has 0 aliphatic heterocycles. The van der Waals surface area contributed by atoms with Gasteiger partial charge < -0.3 is 30.3 Å². The van der Waals surface area contributed by atoms with E-state index < -0.39 is 23.4 Å². The molecule has 0 saturated carbocycles. The van der Waals surface area contributed by atoms with Gasteiger partial charge in [-0.05, 0) is 76.8 Å². The summed E-state index contributed by atoms with van der Waals surface area (Å²) in [5.41, 5.74) is 1.83. The van der Waals surface area contributed by atoms with E-state index in [1.54, 1.807) is 11.1 Å². The molecule has 1 unspecified atom stereocenters. The second-order valence-electron chi connectivity index (χ2n) is 12.6. The number of hydrogen-bond donors (Lipinski definition) is 3. The Kier molecular flexibility index (Phi) is 13.5. The molecule has 11 heteroatoms. The zero-order chi connectivity index (χ0) is 31.3. The second kappa shape index (κ2) is 16.3. The van der Waals surface area contributed by atoms with Gasteiger partial charge in [0.2, 0.25) is 5.91 Å². The lowest BCUT2D eigenvalue weighted by atomic mass is 10.1. The van der Waals surface area contributed by atoms with Crippen LogP contribution in [0, 0.1) is 0 Å². The third-order valence-corrected chi connectivity index (χ3v) is 6.63. The molecule has 2 rings (SSSR count). The fraction of sp³-hybridized carbons (Fsp3) is 0.548. The van der Waals surface area contributed by atoms with Gasteiger partial charge in [0, 0.05) is 49.2 Å². The predicted molar refractivity (Wildman–Crippen MR) is 168 cm³/mol. The number of rotatable bonds is 13.